The number of aromatic nitrogens is 2. The first-order chi connectivity index (χ1) is 11.1. The van der Waals surface area contributed by atoms with E-state index in [2.05, 4.69) is 21.4 Å². The van der Waals surface area contributed by atoms with Crippen molar-refractivity contribution in [1.82, 2.24) is 20.0 Å². The smallest absolute Gasteiger partial charge is 0.271 e. The molecule has 0 spiro atoms. The van der Waals surface area contributed by atoms with E-state index in [9.17, 15) is 4.79 Å². The molecule has 1 aromatic heterocycles. The predicted molar refractivity (Wildman–Crippen MR) is 90.4 cm³/mol. The quantitative estimate of drug-likeness (QED) is 0.935. The number of halogens is 1. The van der Waals surface area contributed by atoms with E-state index in [1.54, 1.807) is 16.9 Å². The summed E-state index contributed by atoms with van der Waals surface area (Å²) >= 11 is 6.03. The van der Waals surface area contributed by atoms with Crippen molar-refractivity contribution in [2.75, 3.05) is 13.1 Å². The van der Waals surface area contributed by atoms with Gasteiger partial charge in [0.05, 0.1) is 0 Å². The van der Waals surface area contributed by atoms with Gasteiger partial charge in [0, 0.05) is 43.9 Å². The Kier molecular flexibility index (Phi) is 4.98. The van der Waals surface area contributed by atoms with Crippen LogP contribution in [0.1, 0.15) is 28.9 Å². The van der Waals surface area contributed by atoms with Gasteiger partial charge >= 0.3 is 0 Å². The van der Waals surface area contributed by atoms with Crippen LogP contribution in [0.2, 0.25) is 5.02 Å². The zero-order valence-corrected chi connectivity index (χ0v) is 14.0. The number of aryl methyl sites for hydroxylation is 1. The molecule has 2 heterocycles. The molecule has 1 amide bonds. The molecule has 1 aliphatic heterocycles. The molecule has 1 fully saturated rings. The first-order valence-corrected chi connectivity index (χ1v) is 8.25. The minimum absolute atomic E-state index is 0.0844. The summed E-state index contributed by atoms with van der Waals surface area (Å²) in [4.78, 5) is 14.5. The van der Waals surface area contributed by atoms with E-state index in [1.807, 2.05) is 25.2 Å². The third-order valence-corrected chi connectivity index (χ3v) is 4.40. The minimum Gasteiger partial charge on any atom is -0.348 e. The third-order valence-electron chi connectivity index (χ3n) is 4.16. The number of amides is 1. The monoisotopic (exact) mass is 332 g/mol. The SMILES string of the molecule is Cn1ccc(C(=O)NC2CCN(Cc3cccc(Cl)c3)CC2)n1. The first kappa shape index (κ1) is 16.0. The Morgan fingerprint density at radius 3 is 2.78 bits per heavy atom. The Balaban J connectivity index is 1.47. The second kappa shape index (κ2) is 7.15. The van der Waals surface area contributed by atoms with Crippen LogP contribution in [0.25, 0.3) is 0 Å². The van der Waals surface area contributed by atoms with E-state index < -0.39 is 0 Å². The highest BCUT2D eigenvalue weighted by molar-refractivity contribution is 6.30. The summed E-state index contributed by atoms with van der Waals surface area (Å²) < 4.78 is 1.64. The number of piperidine rings is 1. The normalized spacial score (nSPS) is 16.4. The highest BCUT2D eigenvalue weighted by atomic mass is 35.5. The fraction of sp³-hybridized carbons (Fsp3) is 0.412. The van der Waals surface area contributed by atoms with Crippen LogP contribution in [0, 0.1) is 0 Å². The average Bonchev–Trinajstić information content (AvgIpc) is 2.96. The third kappa shape index (κ3) is 4.33. The molecule has 1 aliphatic rings. The highest BCUT2D eigenvalue weighted by Gasteiger charge is 2.22. The zero-order valence-electron chi connectivity index (χ0n) is 13.2. The molecule has 0 atom stereocenters. The van der Waals surface area contributed by atoms with Gasteiger partial charge in [0.15, 0.2) is 0 Å². The lowest BCUT2D eigenvalue weighted by atomic mass is 10.0. The van der Waals surface area contributed by atoms with Crippen LogP contribution in [-0.2, 0) is 13.6 Å². The molecule has 1 saturated heterocycles. The average molecular weight is 333 g/mol. The zero-order chi connectivity index (χ0) is 16.2. The number of carbonyl (C=O) groups is 1. The van der Waals surface area contributed by atoms with Gasteiger partial charge in [0.2, 0.25) is 0 Å². The summed E-state index contributed by atoms with van der Waals surface area (Å²) in [5, 5.41) is 7.99. The van der Waals surface area contributed by atoms with E-state index in [-0.39, 0.29) is 11.9 Å². The van der Waals surface area contributed by atoms with E-state index >= 15 is 0 Å². The van der Waals surface area contributed by atoms with Gasteiger partial charge in [0.1, 0.15) is 5.69 Å². The van der Waals surface area contributed by atoms with Crippen molar-refractivity contribution in [1.29, 1.82) is 0 Å². The second-order valence-corrected chi connectivity index (χ2v) is 6.46. The van der Waals surface area contributed by atoms with Crippen molar-refractivity contribution in [3.63, 3.8) is 0 Å². The van der Waals surface area contributed by atoms with E-state index in [0.29, 0.717) is 5.69 Å². The van der Waals surface area contributed by atoms with Gasteiger partial charge in [0.25, 0.3) is 5.91 Å². The predicted octanol–water partition coefficient (Wildman–Crippen LogP) is 2.47. The van der Waals surface area contributed by atoms with Crippen molar-refractivity contribution in [2.45, 2.75) is 25.4 Å². The fourth-order valence-electron chi connectivity index (χ4n) is 2.92. The van der Waals surface area contributed by atoms with E-state index in [0.717, 1.165) is 37.5 Å². The first-order valence-electron chi connectivity index (χ1n) is 7.87. The molecular formula is C17H21ClN4O. The van der Waals surface area contributed by atoms with Gasteiger partial charge in [-0.1, -0.05) is 23.7 Å². The maximum absolute atomic E-state index is 12.1. The molecule has 0 unspecified atom stereocenters. The molecule has 2 aromatic rings. The number of hydrogen-bond acceptors (Lipinski definition) is 3. The maximum atomic E-state index is 12.1. The summed E-state index contributed by atoms with van der Waals surface area (Å²) in [5.74, 6) is -0.0844. The van der Waals surface area contributed by atoms with Crippen molar-refractivity contribution in [3.05, 3.63) is 52.8 Å². The van der Waals surface area contributed by atoms with Gasteiger partial charge in [-0.15, -0.1) is 0 Å². The van der Waals surface area contributed by atoms with Crippen molar-refractivity contribution < 1.29 is 4.79 Å². The van der Waals surface area contributed by atoms with Gasteiger partial charge in [-0.25, -0.2) is 0 Å². The number of carbonyl (C=O) groups excluding carboxylic acids is 1. The van der Waals surface area contributed by atoms with E-state index in [1.165, 1.54) is 5.56 Å². The number of rotatable bonds is 4. The largest absolute Gasteiger partial charge is 0.348 e. The number of likely N-dealkylation sites (tertiary alicyclic amines) is 1. The topological polar surface area (TPSA) is 50.2 Å². The lowest BCUT2D eigenvalue weighted by Crippen LogP contribution is -2.44. The van der Waals surface area contributed by atoms with Crippen molar-refractivity contribution in [3.8, 4) is 0 Å². The maximum Gasteiger partial charge on any atom is 0.271 e. The Morgan fingerprint density at radius 1 is 1.35 bits per heavy atom. The van der Waals surface area contributed by atoms with Gasteiger partial charge in [-0.2, -0.15) is 5.10 Å². The molecule has 3 rings (SSSR count). The Labute approximate surface area is 141 Å². The highest BCUT2D eigenvalue weighted by Crippen LogP contribution is 2.17. The molecule has 5 nitrogen and oxygen atoms in total. The second-order valence-electron chi connectivity index (χ2n) is 6.03. The fourth-order valence-corrected chi connectivity index (χ4v) is 3.14. The Morgan fingerprint density at radius 2 is 2.13 bits per heavy atom. The van der Waals surface area contributed by atoms with Gasteiger partial charge in [-0.05, 0) is 36.6 Å². The summed E-state index contributed by atoms with van der Waals surface area (Å²) in [6.45, 7) is 2.85. The van der Waals surface area contributed by atoms with Crippen LogP contribution in [-0.4, -0.2) is 39.7 Å². The van der Waals surface area contributed by atoms with Crippen LogP contribution in [0.5, 0.6) is 0 Å². The Hall–Kier alpha value is -1.85. The molecule has 1 N–H and O–H groups in total. The van der Waals surface area contributed by atoms with Gasteiger partial charge < -0.3 is 5.32 Å². The molecule has 0 aliphatic carbocycles. The van der Waals surface area contributed by atoms with Crippen LogP contribution in [0.15, 0.2) is 36.5 Å². The summed E-state index contributed by atoms with van der Waals surface area (Å²) in [6, 6.07) is 9.95. The number of hydrogen-bond donors (Lipinski definition) is 1. The molecule has 122 valence electrons. The number of benzene rings is 1. The van der Waals surface area contributed by atoms with E-state index in [4.69, 9.17) is 11.6 Å². The standard InChI is InChI=1S/C17H21ClN4O/c1-21-8-7-16(20-21)17(23)19-15-5-9-22(10-6-15)12-13-3-2-4-14(18)11-13/h2-4,7-8,11,15H,5-6,9-10,12H2,1H3,(H,19,23). The summed E-state index contributed by atoms with van der Waals surface area (Å²) in [5.41, 5.74) is 1.71. The molecule has 6 heteroatoms. The molecule has 0 bridgehead atoms. The number of nitrogens with zero attached hydrogens (tertiary/aromatic N) is 3. The van der Waals surface area contributed by atoms with Crippen LogP contribution < -0.4 is 5.32 Å². The molecule has 0 radical (unpaired) electrons. The van der Waals surface area contributed by atoms with Crippen LogP contribution in [0.4, 0.5) is 0 Å². The molecule has 0 saturated carbocycles. The van der Waals surface area contributed by atoms with Crippen LogP contribution in [0.3, 0.4) is 0 Å². The van der Waals surface area contributed by atoms with Crippen molar-refractivity contribution in [2.24, 2.45) is 7.05 Å². The molecular weight excluding hydrogens is 312 g/mol. The van der Waals surface area contributed by atoms with Gasteiger partial charge in [-0.3, -0.25) is 14.4 Å². The van der Waals surface area contributed by atoms with Crippen molar-refractivity contribution >= 4 is 17.5 Å². The summed E-state index contributed by atoms with van der Waals surface area (Å²) in [7, 11) is 1.81. The lowest BCUT2D eigenvalue weighted by Gasteiger charge is -2.32. The summed E-state index contributed by atoms with van der Waals surface area (Å²) in [6.07, 6.45) is 3.70. The Bertz CT molecular complexity index is 677. The van der Waals surface area contributed by atoms with Crippen LogP contribution >= 0.6 is 11.6 Å². The molecule has 23 heavy (non-hydrogen) atoms. The minimum atomic E-state index is -0.0844. The number of nitrogens with one attached hydrogen (secondary N) is 1. The molecule has 1 aromatic carbocycles. The lowest BCUT2D eigenvalue weighted by molar-refractivity contribution is 0.0903.